The molecule has 3 N–H and O–H groups in total. The zero-order chi connectivity index (χ0) is 16.1. The molecule has 0 bridgehead atoms. The Bertz CT molecular complexity index is 546. The Labute approximate surface area is 138 Å². The number of anilines is 1. The summed E-state index contributed by atoms with van der Waals surface area (Å²) in [5.41, 5.74) is 3.02. The summed E-state index contributed by atoms with van der Waals surface area (Å²) in [5.74, 6) is 0.0261. The van der Waals surface area contributed by atoms with Crippen molar-refractivity contribution in [2.45, 2.75) is 45.2 Å². The summed E-state index contributed by atoms with van der Waals surface area (Å²) in [5, 5.41) is 9.61. The maximum Gasteiger partial charge on any atom is 0.251 e. The van der Waals surface area contributed by atoms with Crippen LogP contribution in [0.5, 0.6) is 0 Å². The van der Waals surface area contributed by atoms with Gasteiger partial charge in [-0.15, -0.1) is 0 Å². The number of hydrogen-bond donors (Lipinski definition) is 3. The maximum absolute atomic E-state index is 12.4. The molecule has 0 saturated carbocycles. The van der Waals surface area contributed by atoms with Crippen molar-refractivity contribution in [2.75, 3.05) is 31.6 Å². The van der Waals surface area contributed by atoms with Gasteiger partial charge in [0.25, 0.3) is 5.91 Å². The topological polar surface area (TPSA) is 56.4 Å². The molecule has 1 saturated heterocycles. The lowest BCUT2D eigenvalue weighted by molar-refractivity contribution is 0.0934. The summed E-state index contributed by atoms with van der Waals surface area (Å²) in [6, 6.07) is 6.60. The van der Waals surface area contributed by atoms with Gasteiger partial charge < -0.3 is 10.6 Å². The highest BCUT2D eigenvalue weighted by Gasteiger charge is 2.20. The van der Waals surface area contributed by atoms with Gasteiger partial charge in [0.05, 0.1) is 6.67 Å². The van der Waals surface area contributed by atoms with Crippen LogP contribution in [-0.4, -0.2) is 43.2 Å². The lowest BCUT2D eigenvalue weighted by atomic mass is 10.0. The van der Waals surface area contributed by atoms with E-state index >= 15 is 0 Å². The minimum absolute atomic E-state index is 0.0261. The Morgan fingerprint density at radius 2 is 2.30 bits per heavy atom. The predicted molar refractivity (Wildman–Crippen MR) is 93.6 cm³/mol. The van der Waals surface area contributed by atoms with Gasteiger partial charge in [0.1, 0.15) is 0 Å². The predicted octanol–water partition coefficient (Wildman–Crippen LogP) is 2.15. The molecule has 5 heteroatoms. The molecule has 0 radical (unpaired) electrons. The zero-order valence-electron chi connectivity index (χ0n) is 14.0. The number of hydrogen-bond acceptors (Lipinski definition) is 4. The molecule has 0 spiro atoms. The van der Waals surface area contributed by atoms with Crippen molar-refractivity contribution in [3.05, 3.63) is 29.3 Å². The van der Waals surface area contributed by atoms with Gasteiger partial charge in [-0.3, -0.25) is 15.0 Å². The number of piperidine rings is 1. The lowest BCUT2D eigenvalue weighted by Gasteiger charge is -2.35. The molecule has 1 aromatic carbocycles. The van der Waals surface area contributed by atoms with E-state index < -0.39 is 0 Å². The first-order valence-electron chi connectivity index (χ1n) is 8.87. The number of nitrogens with one attached hydrogen (secondary N) is 3. The third-order valence-corrected chi connectivity index (χ3v) is 5.00. The summed E-state index contributed by atoms with van der Waals surface area (Å²) in [6.07, 6.45) is 5.14. The number of carbonyl (C=O) groups is 1. The SMILES string of the molecule is CCC1CCCCN1CCNC(=O)c1ccc2c(c1)NCNC2. The molecular formula is C18H28N4O. The smallest absolute Gasteiger partial charge is 0.251 e. The lowest BCUT2D eigenvalue weighted by Crippen LogP contribution is -2.43. The monoisotopic (exact) mass is 316 g/mol. The van der Waals surface area contributed by atoms with Gasteiger partial charge in [-0.1, -0.05) is 19.4 Å². The van der Waals surface area contributed by atoms with Crippen molar-refractivity contribution >= 4 is 11.6 Å². The molecule has 1 aromatic rings. The average molecular weight is 316 g/mol. The highest BCUT2D eigenvalue weighted by molar-refractivity contribution is 5.95. The van der Waals surface area contributed by atoms with Crippen molar-refractivity contribution in [2.24, 2.45) is 0 Å². The van der Waals surface area contributed by atoms with E-state index in [4.69, 9.17) is 0 Å². The molecule has 2 aliphatic heterocycles. The number of fused-ring (bicyclic) bond motifs is 1. The fourth-order valence-electron chi connectivity index (χ4n) is 3.62. The van der Waals surface area contributed by atoms with Gasteiger partial charge in [-0.2, -0.15) is 0 Å². The molecule has 1 fully saturated rings. The molecule has 0 aromatic heterocycles. The first-order valence-corrected chi connectivity index (χ1v) is 8.87. The number of rotatable bonds is 5. The molecule has 3 rings (SSSR count). The summed E-state index contributed by atoms with van der Waals surface area (Å²) in [6.45, 7) is 6.72. The molecule has 0 aliphatic carbocycles. The van der Waals surface area contributed by atoms with Crippen molar-refractivity contribution in [1.82, 2.24) is 15.5 Å². The second-order valence-electron chi connectivity index (χ2n) is 6.50. The molecule has 1 atom stereocenters. The van der Waals surface area contributed by atoms with E-state index in [2.05, 4.69) is 27.8 Å². The van der Waals surface area contributed by atoms with Gasteiger partial charge in [0.15, 0.2) is 0 Å². The van der Waals surface area contributed by atoms with Crippen molar-refractivity contribution < 1.29 is 4.79 Å². The number of nitrogens with zero attached hydrogens (tertiary/aromatic N) is 1. The second-order valence-corrected chi connectivity index (χ2v) is 6.50. The van der Waals surface area contributed by atoms with Crippen LogP contribution in [0.25, 0.3) is 0 Å². The minimum Gasteiger partial charge on any atom is -0.372 e. The van der Waals surface area contributed by atoms with E-state index in [1.165, 1.54) is 37.8 Å². The summed E-state index contributed by atoms with van der Waals surface area (Å²) in [4.78, 5) is 14.9. The van der Waals surface area contributed by atoms with Gasteiger partial charge in [-0.25, -0.2) is 0 Å². The number of likely N-dealkylation sites (tertiary alicyclic amines) is 1. The fourth-order valence-corrected chi connectivity index (χ4v) is 3.62. The zero-order valence-corrected chi connectivity index (χ0v) is 14.0. The molecule has 1 unspecified atom stereocenters. The van der Waals surface area contributed by atoms with E-state index in [1.54, 1.807) is 0 Å². The molecule has 1 amide bonds. The van der Waals surface area contributed by atoms with Crippen LogP contribution in [0.4, 0.5) is 5.69 Å². The van der Waals surface area contributed by atoms with Crippen LogP contribution in [0.1, 0.15) is 48.5 Å². The van der Waals surface area contributed by atoms with Crippen LogP contribution in [0, 0.1) is 0 Å². The van der Waals surface area contributed by atoms with Crippen molar-refractivity contribution in [1.29, 1.82) is 0 Å². The quantitative estimate of drug-likeness (QED) is 0.779. The van der Waals surface area contributed by atoms with E-state index in [0.717, 1.165) is 37.6 Å². The van der Waals surface area contributed by atoms with E-state index in [9.17, 15) is 4.79 Å². The maximum atomic E-state index is 12.4. The largest absolute Gasteiger partial charge is 0.372 e. The van der Waals surface area contributed by atoms with Gasteiger partial charge in [0, 0.05) is 36.9 Å². The van der Waals surface area contributed by atoms with E-state index in [1.807, 2.05) is 18.2 Å². The first-order chi connectivity index (χ1) is 11.3. The number of carbonyl (C=O) groups excluding carboxylic acids is 1. The third kappa shape index (κ3) is 4.03. The minimum atomic E-state index is 0.0261. The van der Waals surface area contributed by atoms with E-state index in [-0.39, 0.29) is 5.91 Å². The Morgan fingerprint density at radius 1 is 1.39 bits per heavy atom. The average Bonchev–Trinajstić information content (AvgIpc) is 2.61. The highest BCUT2D eigenvalue weighted by Crippen LogP contribution is 2.20. The van der Waals surface area contributed by atoms with Crippen LogP contribution in [0.3, 0.4) is 0 Å². The molecule has 126 valence electrons. The normalized spacial score (nSPS) is 21.3. The highest BCUT2D eigenvalue weighted by atomic mass is 16.1. The molecule has 5 nitrogen and oxygen atoms in total. The number of amides is 1. The second kappa shape index (κ2) is 7.79. The Kier molecular flexibility index (Phi) is 5.51. The summed E-state index contributed by atoms with van der Waals surface area (Å²) in [7, 11) is 0. The van der Waals surface area contributed by atoms with Gasteiger partial charge in [0.2, 0.25) is 0 Å². The summed E-state index contributed by atoms with van der Waals surface area (Å²) < 4.78 is 0. The van der Waals surface area contributed by atoms with Gasteiger partial charge in [-0.05, 0) is 43.5 Å². The van der Waals surface area contributed by atoms with E-state index in [0.29, 0.717) is 6.04 Å². The molecular weight excluding hydrogens is 288 g/mol. The number of benzene rings is 1. The summed E-state index contributed by atoms with van der Waals surface area (Å²) >= 11 is 0. The van der Waals surface area contributed by atoms with Gasteiger partial charge >= 0.3 is 0 Å². The Hall–Kier alpha value is -1.59. The van der Waals surface area contributed by atoms with Crippen LogP contribution in [0.2, 0.25) is 0 Å². The Morgan fingerprint density at radius 3 is 3.17 bits per heavy atom. The van der Waals surface area contributed by atoms with Crippen LogP contribution >= 0.6 is 0 Å². The Balaban J connectivity index is 1.51. The van der Waals surface area contributed by atoms with Crippen molar-refractivity contribution in [3.8, 4) is 0 Å². The molecule has 2 aliphatic rings. The van der Waals surface area contributed by atoms with Crippen LogP contribution < -0.4 is 16.0 Å². The van der Waals surface area contributed by atoms with Crippen LogP contribution in [0.15, 0.2) is 18.2 Å². The standard InChI is InChI=1S/C18H28N4O/c1-2-16-5-3-4-9-22(16)10-8-20-18(23)14-6-7-15-12-19-13-21-17(15)11-14/h6-7,11,16,19,21H,2-5,8-10,12-13H2,1H3,(H,20,23). The third-order valence-electron chi connectivity index (χ3n) is 5.00. The first kappa shape index (κ1) is 16.3. The fraction of sp³-hybridized carbons (Fsp3) is 0.611. The van der Waals surface area contributed by atoms with Crippen molar-refractivity contribution in [3.63, 3.8) is 0 Å². The molecule has 23 heavy (non-hydrogen) atoms. The van der Waals surface area contributed by atoms with Crippen LogP contribution in [-0.2, 0) is 6.54 Å². The molecule has 2 heterocycles.